The minimum atomic E-state index is -0.473. The van der Waals surface area contributed by atoms with E-state index < -0.39 is 10.7 Å². The molecule has 2 atom stereocenters. The summed E-state index contributed by atoms with van der Waals surface area (Å²) in [5.74, 6) is -0.280. The smallest absolute Gasteiger partial charge is 0.274 e. The molecular weight excluding hydrogens is 333 g/mol. The molecule has 3 rings (SSSR count). The van der Waals surface area contributed by atoms with E-state index in [-0.39, 0.29) is 30.1 Å². The van der Waals surface area contributed by atoms with Gasteiger partial charge in [-0.25, -0.2) is 4.39 Å². The van der Waals surface area contributed by atoms with Gasteiger partial charge in [0.2, 0.25) is 0 Å². The maximum absolute atomic E-state index is 13.4. The maximum Gasteiger partial charge on any atom is 0.274 e. The molecule has 0 unspecified atom stereocenters. The normalized spacial score (nSPS) is 20.6. The van der Waals surface area contributed by atoms with Crippen molar-refractivity contribution in [2.75, 3.05) is 13.1 Å². The van der Waals surface area contributed by atoms with Crippen molar-refractivity contribution in [2.45, 2.75) is 18.5 Å². The molecule has 0 bridgehead atoms. The van der Waals surface area contributed by atoms with Crippen LogP contribution >= 0.6 is 12.4 Å². The average molecular weight is 352 g/mol. The highest BCUT2D eigenvalue weighted by molar-refractivity contribution is 5.85. The molecule has 1 saturated heterocycles. The predicted molar refractivity (Wildman–Crippen MR) is 92.7 cm³/mol. The summed E-state index contributed by atoms with van der Waals surface area (Å²) in [5, 5.41) is 11.1. The van der Waals surface area contributed by atoms with Gasteiger partial charge < -0.3 is 5.73 Å². The maximum atomic E-state index is 13.4. The summed E-state index contributed by atoms with van der Waals surface area (Å²) < 4.78 is 13.4. The number of benzene rings is 2. The standard InChI is InChI=1S/C17H18FN3O2.ClH/c18-14-6-7-17(21(22)23)13(8-14)9-20-10-15(16(19)11-20)12-4-2-1-3-5-12;/h1-8,15-16H,9-11,19H2;1H/t15-,16+;/m0./s1. The topological polar surface area (TPSA) is 72.4 Å². The Balaban J connectivity index is 0.00000208. The molecule has 0 saturated carbocycles. The molecule has 24 heavy (non-hydrogen) atoms. The minimum absolute atomic E-state index is 0. The fraction of sp³-hybridized carbons (Fsp3) is 0.294. The molecule has 0 spiro atoms. The van der Waals surface area contributed by atoms with Gasteiger partial charge in [-0.1, -0.05) is 30.3 Å². The van der Waals surface area contributed by atoms with Gasteiger partial charge in [0.1, 0.15) is 5.82 Å². The van der Waals surface area contributed by atoms with Crippen LogP contribution in [0.15, 0.2) is 48.5 Å². The van der Waals surface area contributed by atoms with Crippen molar-refractivity contribution < 1.29 is 9.31 Å². The highest BCUT2D eigenvalue weighted by Gasteiger charge is 2.32. The molecule has 128 valence electrons. The first-order chi connectivity index (χ1) is 11.0. The van der Waals surface area contributed by atoms with E-state index in [1.165, 1.54) is 12.1 Å². The first-order valence-corrected chi connectivity index (χ1v) is 7.50. The van der Waals surface area contributed by atoms with Crippen LogP contribution in [0.5, 0.6) is 0 Å². The molecule has 2 aromatic rings. The van der Waals surface area contributed by atoms with Crippen LogP contribution < -0.4 is 5.73 Å². The zero-order chi connectivity index (χ0) is 16.4. The van der Waals surface area contributed by atoms with Gasteiger partial charge >= 0.3 is 0 Å². The number of nitrogens with two attached hydrogens (primary N) is 1. The highest BCUT2D eigenvalue weighted by Crippen LogP contribution is 2.29. The zero-order valence-electron chi connectivity index (χ0n) is 13.0. The van der Waals surface area contributed by atoms with Crippen molar-refractivity contribution in [3.8, 4) is 0 Å². The summed E-state index contributed by atoms with van der Waals surface area (Å²) in [4.78, 5) is 12.7. The molecule has 1 aliphatic heterocycles. The third-order valence-electron chi connectivity index (χ3n) is 4.30. The van der Waals surface area contributed by atoms with Gasteiger partial charge in [-0.3, -0.25) is 15.0 Å². The summed E-state index contributed by atoms with van der Waals surface area (Å²) in [6.07, 6.45) is 0. The molecular formula is C17H19ClFN3O2. The van der Waals surface area contributed by atoms with Crippen LogP contribution in [-0.2, 0) is 6.54 Å². The minimum Gasteiger partial charge on any atom is -0.326 e. The Labute approximate surface area is 145 Å². The quantitative estimate of drug-likeness (QED) is 0.678. The van der Waals surface area contributed by atoms with Crippen LogP contribution in [0.25, 0.3) is 0 Å². The lowest BCUT2D eigenvalue weighted by molar-refractivity contribution is -0.385. The number of halogens is 2. The van der Waals surface area contributed by atoms with E-state index in [4.69, 9.17) is 5.73 Å². The highest BCUT2D eigenvalue weighted by atomic mass is 35.5. The Bertz CT molecular complexity index is 714. The summed E-state index contributed by atoms with van der Waals surface area (Å²) in [7, 11) is 0. The second kappa shape index (κ2) is 7.70. The molecule has 1 aliphatic rings. The van der Waals surface area contributed by atoms with E-state index in [0.29, 0.717) is 25.2 Å². The summed E-state index contributed by atoms with van der Waals surface area (Å²) in [6.45, 7) is 1.66. The number of hydrogen-bond acceptors (Lipinski definition) is 4. The molecule has 0 aliphatic carbocycles. The second-order valence-corrected chi connectivity index (χ2v) is 5.91. The Kier molecular flexibility index (Phi) is 5.88. The third kappa shape index (κ3) is 3.90. The third-order valence-corrected chi connectivity index (χ3v) is 4.30. The molecule has 5 nitrogen and oxygen atoms in total. The van der Waals surface area contributed by atoms with Crippen LogP contribution in [0.4, 0.5) is 10.1 Å². The number of nitro groups is 1. The summed E-state index contributed by atoms with van der Waals surface area (Å²) in [5.41, 5.74) is 7.73. The van der Waals surface area contributed by atoms with Gasteiger partial charge in [0.25, 0.3) is 5.69 Å². The number of nitrogens with zero attached hydrogens (tertiary/aromatic N) is 2. The molecule has 2 aromatic carbocycles. The molecule has 0 amide bonds. The van der Waals surface area contributed by atoms with Crippen molar-refractivity contribution in [1.29, 1.82) is 0 Å². The van der Waals surface area contributed by atoms with Gasteiger partial charge in [-0.15, -0.1) is 12.4 Å². The second-order valence-electron chi connectivity index (χ2n) is 5.91. The van der Waals surface area contributed by atoms with Gasteiger partial charge in [0.15, 0.2) is 0 Å². The van der Waals surface area contributed by atoms with Crippen molar-refractivity contribution in [3.05, 3.63) is 75.6 Å². The lowest BCUT2D eigenvalue weighted by Crippen LogP contribution is -2.28. The van der Waals surface area contributed by atoms with E-state index in [2.05, 4.69) is 0 Å². The SMILES string of the molecule is Cl.N[C@@H]1CN(Cc2cc(F)ccc2[N+](=O)[O-])C[C@H]1c1ccccc1. The number of hydrogen-bond donors (Lipinski definition) is 1. The van der Waals surface area contributed by atoms with Crippen LogP contribution in [0.2, 0.25) is 0 Å². The number of likely N-dealkylation sites (tertiary alicyclic amines) is 1. The van der Waals surface area contributed by atoms with Crippen molar-refractivity contribution >= 4 is 18.1 Å². The van der Waals surface area contributed by atoms with Gasteiger partial charge in [-0.2, -0.15) is 0 Å². The summed E-state index contributed by atoms with van der Waals surface area (Å²) in [6, 6.07) is 13.5. The zero-order valence-corrected chi connectivity index (χ0v) is 13.8. The van der Waals surface area contributed by atoms with Crippen LogP contribution in [0.3, 0.4) is 0 Å². The monoisotopic (exact) mass is 351 g/mol. The Morgan fingerprint density at radius 2 is 1.92 bits per heavy atom. The predicted octanol–water partition coefficient (Wildman–Crippen LogP) is 3.08. The molecule has 2 N–H and O–H groups in total. The molecule has 7 heteroatoms. The molecule has 1 heterocycles. The van der Waals surface area contributed by atoms with Crippen molar-refractivity contribution in [1.82, 2.24) is 4.90 Å². The molecule has 0 aromatic heterocycles. The Morgan fingerprint density at radius 3 is 2.58 bits per heavy atom. The number of nitro benzene ring substituents is 1. The molecule has 1 fully saturated rings. The lowest BCUT2D eigenvalue weighted by atomic mass is 9.95. The van der Waals surface area contributed by atoms with E-state index in [1.807, 2.05) is 35.2 Å². The van der Waals surface area contributed by atoms with Crippen molar-refractivity contribution in [3.63, 3.8) is 0 Å². The van der Waals surface area contributed by atoms with Crippen LogP contribution in [0.1, 0.15) is 17.0 Å². The van der Waals surface area contributed by atoms with Crippen molar-refractivity contribution in [2.24, 2.45) is 5.73 Å². The number of rotatable bonds is 4. The van der Waals surface area contributed by atoms with Gasteiger partial charge in [-0.05, 0) is 17.7 Å². The lowest BCUT2D eigenvalue weighted by Gasteiger charge is -2.16. The van der Waals surface area contributed by atoms with Gasteiger partial charge in [0.05, 0.1) is 4.92 Å². The first kappa shape index (κ1) is 18.3. The largest absolute Gasteiger partial charge is 0.326 e. The average Bonchev–Trinajstić information content (AvgIpc) is 2.88. The van der Waals surface area contributed by atoms with E-state index in [0.717, 1.165) is 11.6 Å². The van der Waals surface area contributed by atoms with Crippen LogP contribution in [0, 0.1) is 15.9 Å². The van der Waals surface area contributed by atoms with E-state index in [9.17, 15) is 14.5 Å². The van der Waals surface area contributed by atoms with Gasteiger partial charge in [0, 0.05) is 43.2 Å². The van der Waals surface area contributed by atoms with E-state index >= 15 is 0 Å². The first-order valence-electron chi connectivity index (χ1n) is 7.50. The molecule has 0 radical (unpaired) electrons. The fourth-order valence-corrected chi connectivity index (χ4v) is 3.20. The summed E-state index contributed by atoms with van der Waals surface area (Å²) >= 11 is 0. The van der Waals surface area contributed by atoms with Crippen LogP contribution in [-0.4, -0.2) is 29.0 Å². The Morgan fingerprint density at radius 1 is 1.21 bits per heavy atom. The van der Waals surface area contributed by atoms with E-state index in [1.54, 1.807) is 0 Å². The Hall–Kier alpha value is -2.02. The fourth-order valence-electron chi connectivity index (χ4n) is 3.20.